The molecule has 0 radical (unpaired) electrons. The molecule has 1 aliphatic rings. The molecule has 1 heterocycles. The van der Waals surface area contributed by atoms with Crippen molar-refractivity contribution >= 4 is 11.6 Å². The molecule has 0 aliphatic carbocycles. The first-order valence-electron chi connectivity index (χ1n) is 10.7. The Morgan fingerprint density at radius 1 is 0.806 bits per heavy atom. The third kappa shape index (κ3) is 5.94. The topological polar surface area (TPSA) is 44.8 Å². The Balaban J connectivity index is 1.26. The van der Waals surface area contributed by atoms with Gasteiger partial charge in [-0.1, -0.05) is 48.5 Å². The number of hydrogen-bond acceptors (Lipinski definition) is 4. The summed E-state index contributed by atoms with van der Waals surface area (Å²) in [6.45, 7) is 6.21. The van der Waals surface area contributed by atoms with Crippen molar-refractivity contribution in [3.05, 3.63) is 95.6 Å². The van der Waals surface area contributed by atoms with Crippen LogP contribution in [-0.2, 0) is 13.1 Å². The number of methoxy groups -OCH3 is 1. The fraction of sp³-hybridized carbons (Fsp3) is 0.269. The summed E-state index contributed by atoms with van der Waals surface area (Å²) in [4.78, 5) is 17.5. The number of amides is 1. The Labute approximate surface area is 184 Å². The molecule has 3 aromatic carbocycles. The molecule has 0 aromatic heterocycles. The van der Waals surface area contributed by atoms with Crippen LogP contribution in [-0.4, -0.2) is 49.0 Å². The highest BCUT2D eigenvalue weighted by Crippen LogP contribution is 2.18. The van der Waals surface area contributed by atoms with E-state index in [1.165, 1.54) is 11.1 Å². The predicted octanol–water partition coefficient (Wildman–Crippen LogP) is 4.27. The van der Waals surface area contributed by atoms with E-state index in [4.69, 9.17) is 4.74 Å². The van der Waals surface area contributed by atoms with Crippen LogP contribution < -0.4 is 10.1 Å². The molecular weight excluding hydrogens is 386 g/mol. The Hall–Kier alpha value is -3.15. The summed E-state index contributed by atoms with van der Waals surface area (Å²) in [6, 6.07) is 25.9. The number of benzene rings is 3. The van der Waals surface area contributed by atoms with Gasteiger partial charge >= 0.3 is 0 Å². The smallest absolute Gasteiger partial charge is 0.255 e. The van der Waals surface area contributed by atoms with Crippen molar-refractivity contribution in [2.75, 3.05) is 38.6 Å². The number of piperazine rings is 1. The molecule has 0 atom stereocenters. The van der Waals surface area contributed by atoms with Crippen molar-refractivity contribution in [1.29, 1.82) is 0 Å². The maximum absolute atomic E-state index is 12.5. The van der Waals surface area contributed by atoms with Gasteiger partial charge in [0.1, 0.15) is 5.75 Å². The van der Waals surface area contributed by atoms with Gasteiger partial charge in [0.15, 0.2) is 0 Å². The second-order valence-corrected chi connectivity index (χ2v) is 7.92. The Kier molecular flexibility index (Phi) is 6.97. The molecule has 31 heavy (non-hydrogen) atoms. The van der Waals surface area contributed by atoms with Crippen molar-refractivity contribution in [2.24, 2.45) is 0 Å². The first kappa shape index (κ1) is 21.1. The normalized spacial score (nSPS) is 14.9. The highest BCUT2D eigenvalue weighted by atomic mass is 16.5. The average molecular weight is 416 g/mol. The molecule has 1 saturated heterocycles. The van der Waals surface area contributed by atoms with Crippen molar-refractivity contribution in [1.82, 2.24) is 9.80 Å². The number of nitrogens with one attached hydrogen (secondary N) is 1. The van der Waals surface area contributed by atoms with Gasteiger partial charge in [0.2, 0.25) is 0 Å². The number of nitrogens with zero attached hydrogens (tertiary/aromatic N) is 2. The summed E-state index contributed by atoms with van der Waals surface area (Å²) >= 11 is 0. The molecule has 5 heteroatoms. The summed E-state index contributed by atoms with van der Waals surface area (Å²) in [7, 11) is 1.61. The van der Waals surface area contributed by atoms with E-state index < -0.39 is 0 Å². The van der Waals surface area contributed by atoms with E-state index in [-0.39, 0.29) is 5.91 Å². The lowest BCUT2D eigenvalue weighted by molar-refractivity contribution is 0.102. The standard InChI is InChI=1S/C26H29N3O2/c1-31-25-9-5-8-24(18-25)27-26(30)23-12-10-22(11-13-23)20-29-16-14-28(15-17-29)19-21-6-3-2-4-7-21/h2-13,18H,14-17,19-20H2,1H3,(H,27,30). The van der Waals surface area contributed by atoms with E-state index in [1.807, 2.05) is 36.4 Å². The minimum atomic E-state index is -0.116. The van der Waals surface area contributed by atoms with Gasteiger partial charge in [-0.25, -0.2) is 0 Å². The molecule has 0 unspecified atom stereocenters. The second-order valence-electron chi connectivity index (χ2n) is 7.92. The van der Waals surface area contributed by atoms with Gasteiger partial charge in [-0.05, 0) is 35.4 Å². The van der Waals surface area contributed by atoms with E-state index in [9.17, 15) is 4.79 Å². The monoisotopic (exact) mass is 415 g/mol. The molecule has 1 N–H and O–H groups in total. The summed E-state index contributed by atoms with van der Waals surface area (Å²) in [5.74, 6) is 0.603. The van der Waals surface area contributed by atoms with Crippen LogP contribution in [0.1, 0.15) is 21.5 Å². The molecule has 0 saturated carbocycles. The van der Waals surface area contributed by atoms with E-state index >= 15 is 0 Å². The molecule has 1 aliphatic heterocycles. The molecular formula is C26H29N3O2. The number of carbonyl (C=O) groups is 1. The third-order valence-electron chi connectivity index (χ3n) is 5.66. The molecule has 0 spiro atoms. The molecule has 4 rings (SSSR count). The zero-order chi connectivity index (χ0) is 21.5. The van der Waals surface area contributed by atoms with Crippen molar-refractivity contribution in [3.8, 4) is 5.75 Å². The van der Waals surface area contributed by atoms with Crippen LogP contribution >= 0.6 is 0 Å². The van der Waals surface area contributed by atoms with E-state index in [2.05, 4.69) is 57.6 Å². The average Bonchev–Trinajstić information content (AvgIpc) is 2.81. The molecule has 5 nitrogen and oxygen atoms in total. The lowest BCUT2D eigenvalue weighted by Gasteiger charge is -2.34. The quantitative estimate of drug-likeness (QED) is 0.626. The predicted molar refractivity (Wildman–Crippen MR) is 124 cm³/mol. The summed E-state index contributed by atoms with van der Waals surface area (Å²) < 4.78 is 5.21. The highest BCUT2D eigenvalue weighted by Gasteiger charge is 2.17. The summed E-state index contributed by atoms with van der Waals surface area (Å²) in [6.07, 6.45) is 0. The number of carbonyl (C=O) groups excluding carboxylic acids is 1. The highest BCUT2D eigenvalue weighted by molar-refractivity contribution is 6.04. The Morgan fingerprint density at radius 3 is 2.03 bits per heavy atom. The van der Waals surface area contributed by atoms with Crippen LogP contribution in [0.3, 0.4) is 0 Å². The van der Waals surface area contributed by atoms with Crippen LogP contribution in [0.2, 0.25) is 0 Å². The van der Waals surface area contributed by atoms with Gasteiger partial charge in [-0.3, -0.25) is 14.6 Å². The molecule has 1 amide bonds. The largest absolute Gasteiger partial charge is 0.497 e. The zero-order valence-corrected chi connectivity index (χ0v) is 18.0. The van der Waals surface area contributed by atoms with Crippen LogP contribution in [0, 0.1) is 0 Å². The van der Waals surface area contributed by atoms with Gasteiger partial charge in [-0.2, -0.15) is 0 Å². The van der Waals surface area contributed by atoms with E-state index in [0.717, 1.165) is 50.7 Å². The SMILES string of the molecule is COc1cccc(NC(=O)c2ccc(CN3CCN(Cc4ccccc4)CC3)cc2)c1. The van der Waals surface area contributed by atoms with Crippen LogP contribution in [0.4, 0.5) is 5.69 Å². The van der Waals surface area contributed by atoms with Gasteiger partial charge in [0.25, 0.3) is 5.91 Å². The summed E-state index contributed by atoms with van der Waals surface area (Å²) in [5, 5.41) is 2.92. The molecule has 3 aromatic rings. The van der Waals surface area contributed by atoms with Crippen LogP contribution in [0.15, 0.2) is 78.9 Å². The first-order chi connectivity index (χ1) is 15.2. The number of ether oxygens (including phenoxy) is 1. The number of anilines is 1. The molecule has 1 fully saturated rings. The zero-order valence-electron chi connectivity index (χ0n) is 18.0. The van der Waals surface area contributed by atoms with Gasteiger partial charge in [0, 0.05) is 56.6 Å². The van der Waals surface area contributed by atoms with Crippen molar-refractivity contribution < 1.29 is 9.53 Å². The Bertz CT molecular complexity index is 981. The maximum atomic E-state index is 12.5. The maximum Gasteiger partial charge on any atom is 0.255 e. The first-order valence-corrected chi connectivity index (χ1v) is 10.7. The van der Waals surface area contributed by atoms with Gasteiger partial charge in [-0.15, -0.1) is 0 Å². The number of hydrogen-bond donors (Lipinski definition) is 1. The lowest BCUT2D eigenvalue weighted by atomic mass is 10.1. The minimum Gasteiger partial charge on any atom is -0.497 e. The fourth-order valence-corrected chi connectivity index (χ4v) is 3.87. The number of rotatable bonds is 7. The van der Waals surface area contributed by atoms with E-state index in [1.54, 1.807) is 7.11 Å². The van der Waals surface area contributed by atoms with Crippen LogP contribution in [0.25, 0.3) is 0 Å². The summed E-state index contributed by atoms with van der Waals surface area (Å²) in [5.41, 5.74) is 3.98. The third-order valence-corrected chi connectivity index (χ3v) is 5.66. The lowest BCUT2D eigenvalue weighted by Crippen LogP contribution is -2.45. The van der Waals surface area contributed by atoms with Gasteiger partial charge in [0.05, 0.1) is 7.11 Å². The van der Waals surface area contributed by atoms with Crippen LogP contribution in [0.5, 0.6) is 5.75 Å². The minimum absolute atomic E-state index is 0.116. The van der Waals surface area contributed by atoms with Crippen molar-refractivity contribution in [2.45, 2.75) is 13.1 Å². The molecule has 0 bridgehead atoms. The Morgan fingerprint density at radius 2 is 1.42 bits per heavy atom. The van der Waals surface area contributed by atoms with Crippen molar-refractivity contribution in [3.63, 3.8) is 0 Å². The van der Waals surface area contributed by atoms with E-state index in [0.29, 0.717) is 5.56 Å². The fourth-order valence-electron chi connectivity index (χ4n) is 3.87. The van der Waals surface area contributed by atoms with Gasteiger partial charge < -0.3 is 10.1 Å². The molecule has 160 valence electrons. The second kappa shape index (κ2) is 10.2.